The maximum absolute atomic E-state index is 10.7. The molecule has 102 valence electrons. The Morgan fingerprint density at radius 2 is 2.42 bits per heavy atom. The van der Waals surface area contributed by atoms with Gasteiger partial charge in [0.25, 0.3) is 0 Å². The fraction of sp³-hybridized carbons (Fsp3) is 0.562. The molecule has 3 nitrogen and oxygen atoms in total. The standard InChI is InChI=1S/C16H20O3/c1-15(19-11-14(17)18)6-2-3-13(10-15)16-7-4-12(9-16)5-8-16/h2-4,7,10,12H,5-6,8-9,11H2,1H3,(H,17,18). The summed E-state index contributed by atoms with van der Waals surface area (Å²) in [4.78, 5) is 10.7. The zero-order valence-corrected chi connectivity index (χ0v) is 11.3. The van der Waals surface area contributed by atoms with Gasteiger partial charge in [-0.3, -0.25) is 0 Å². The number of carbonyl (C=O) groups is 1. The van der Waals surface area contributed by atoms with Crippen LogP contribution in [0.4, 0.5) is 0 Å². The number of carboxylic acids is 1. The highest BCUT2D eigenvalue weighted by Gasteiger charge is 2.44. The van der Waals surface area contributed by atoms with Crippen molar-refractivity contribution in [1.29, 1.82) is 0 Å². The van der Waals surface area contributed by atoms with Crippen LogP contribution < -0.4 is 0 Å². The van der Waals surface area contributed by atoms with Crippen LogP contribution in [-0.2, 0) is 9.53 Å². The molecule has 1 fully saturated rings. The molecular formula is C16H20O3. The molecule has 3 aliphatic carbocycles. The number of allylic oxidation sites excluding steroid dienone is 4. The minimum absolute atomic E-state index is 0.190. The van der Waals surface area contributed by atoms with Crippen molar-refractivity contribution < 1.29 is 14.6 Å². The third-order valence-corrected chi connectivity index (χ3v) is 4.66. The molecule has 2 bridgehead atoms. The van der Waals surface area contributed by atoms with E-state index in [2.05, 4.69) is 30.4 Å². The summed E-state index contributed by atoms with van der Waals surface area (Å²) in [6, 6.07) is 0. The summed E-state index contributed by atoms with van der Waals surface area (Å²) >= 11 is 0. The van der Waals surface area contributed by atoms with Crippen molar-refractivity contribution in [2.24, 2.45) is 11.3 Å². The number of aliphatic carboxylic acids is 1. The molecule has 19 heavy (non-hydrogen) atoms. The van der Waals surface area contributed by atoms with Gasteiger partial charge in [0.2, 0.25) is 0 Å². The Hall–Kier alpha value is -1.35. The van der Waals surface area contributed by atoms with Crippen LogP contribution in [0.2, 0.25) is 0 Å². The van der Waals surface area contributed by atoms with Crippen LogP contribution in [0.25, 0.3) is 0 Å². The zero-order chi connectivity index (χ0) is 13.5. The maximum Gasteiger partial charge on any atom is 0.329 e. The number of hydrogen-bond donors (Lipinski definition) is 1. The van der Waals surface area contributed by atoms with Gasteiger partial charge in [0.1, 0.15) is 6.61 Å². The lowest BCUT2D eigenvalue weighted by Crippen LogP contribution is -2.32. The third-order valence-electron chi connectivity index (χ3n) is 4.66. The molecule has 3 atom stereocenters. The number of hydrogen-bond acceptors (Lipinski definition) is 2. The minimum atomic E-state index is -0.911. The highest BCUT2D eigenvalue weighted by Crippen LogP contribution is 2.55. The van der Waals surface area contributed by atoms with Crippen molar-refractivity contribution in [3.63, 3.8) is 0 Å². The van der Waals surface area contributed by atoms with E-state index in [1.54, 1.807) is 0 Å². The predicted octanol–water partition coefficient (Wildman–Crippen LogP) is 3.09. The van der Waals surface area contributed by atoms with Crippen molar-refractivity contribution in [3.05, 3.63) is 36.0 Å². The SMILES string of the molecule is CC1(OCC(=O)O)C=C(C23C=CC(CC2)C3)C=CC1. The molecule has 0 radical (unpaired) electrons. The first-order valence-electron chi connectivity index (χ1n) is 6.96. The highest BCUT2D eigenvalue weighted by molar-refractivity contribution is 5.68. The van der Waals surface area contributed by atoms with Gasteiger partial charge in [-0.15, -0.1) is 0 Å². The first-order chi connectivity index (χ1) is 9.01. The van der Waals surface area contributed by atoms with E-state index in [1.807, 2.05) is 6.92 Å². The lowest BCUT2D eigenvalue weighted by molar-refractivity contribution is -0.146. The zero-order valence-electron chi connectivity index (χ0n) is 11.3. The molecule has 0 saturated heterocycles. The van der Waals surface area contributed by atoms with E-state index in [0.717, 1.165) is 12.3 Å². The average molecular weight is 260 g/mol. The van der Waals surface area contributed by atoms with Gasteiger partial charge in [-0.1, -0.05) is 24.3 Å². The van der Waals surface area contributed by atoms with E-state index in [-0.39, 0.29) is 12.0 Å². The van der Waals surface area contributed by atoms with Crippen LogP contribution in [0, 0.1) is 11.3 Å². The largest absolute Gasteiger partial charge is 0.480 e. The lowest BCUT2D eigenvalue weighted by atomic mass is 9.75. The van der Waals surface area contributed by atoms with E-state index >= 15 is 0 Å². The average Bonchev–Trinajstić information content (AvgIpc) is 2.98. The Balaban J connectivity index is 1.82. The second-order valence-electron chi connectivity index (χ2n) is 6.22. The van der Waals surface area contributed by atoms with Gasteiger partial charge in [0.05, 0.1) is 5.60 Å². The molecule has 0 aromatic carbocycles. The summed E-state index contributed by atoms with van der Waals surface area (Å²) in [5.74, 6) is -0.173. The van der Waals surface area contributed by atoms with Gasteiger partial charge >= 0.3 is 5.97 Å². The summed E-state index contributed by atoms with van der Waals surface area (Å²) in [5, 5.41) is 8.76. The van der Waals surface area contributed by atoms with Crippen molar-refractivity contribution in [2.75, 3.05) is 6.61 Å². The summed E-state index contributed by atoms with van der Waals surface area (Å²) in [5.41, 5.74) is 1.02. The quantitative estimate of drug-likeness (QED) is 0.790. The summed E-state index contributed by atoms with van der Waals surface area (Å²) < 4.78 is 5.57. The van der Waals surface area contributed by atoms with Crippen LogP contribution in [0.1, 0.15) is 32.6 Å². The minimum Gasteiger partial charge on any atom is -0.480 e. The van der Waals surface area contributed by atoms with Gasteiger partial charge < -0.3 is 9.84 Å². The number of carboxylic acid groups (broad SMARTS) is 1. The molecule has 0 aromatic rings. The van der Waals surface area contributed by atoms with E-state index in [4.69, 9.17) is 9.84 Å². The van der Waals surface area contributed by atoms with Gasteiger partial charge in [-0.05, 0) is 50.2 Å². The Morgan fingerprint density at radius 1 is 1.58 bits per heavy atom. The van der Waals surface area contributed by atoms with Gasteiger partial charge in [0.15, 0.2) is 0 Å². The molecular weight excluding hydrogens is 240 g/mol. The molecule has 3 unspecified atom stereocenters. The molecule has 3 rings (SSSR count). The maximum atomic E-state index is 10.7. The number of rotatable bonds is 4. The Labute approximate surface area is 113 Å². The van der Waals surface area contributed by atoms with Crippen LogP contribution >= 0.6 is 0 Å². The van der Waals surface area contributed by atoms with Crippen LogP contribution in [0.5, 0.6) is 0 Å². The van der Waals surface area contributed by atoms with Crippen molar-refractivity contribution >= 4 is 5.97 Å². The first-order valence-corrected chi connectivity index (χ1v) is 6.96. The van der Waals surface area contributed by atoms with Crippen LogP contribution in [0.15, 0.2) is 36.0 Å². The fourth-order valence-corrected chi connectivity index (χ4v) is 3.60. The third kappa shape index (κ3) is 2.27. The van der Waals surface area contributed by atoms with Crippen molar-refractivity contribution in [3.8, 4) is 0 Å². The molecule has 1 N–H and O–H groups in total. The fourth-order valence-electron chi connectivity index (χ4n) is 3.60. The Morgan fingerprint density at radius 3 is 3.00 bits per heavy atom. The van der Waals surface area contributed by atoms with E-state index in [9.17, 15) is 4.79 Å². The Bertz CT molecular complexity index is 488. The topological polar surface area (TPSA) is 46.5 Å². The monoisotopic (exact) mass is 260 g/mol. The smallest absolute Gasteiger partial charge is 0.329 e. The lowest BCUT2D eigenvalue weighted by Gasteiger charge is -2.34. The number of fused-ring (bicyclic) bond motifs is 2. The number of ether oxygens (including phenoxy) is 1. The summed E-state index contributed by atoms with van der Waals surface area (Å²) in [6.07, 6.45) is 15.6. The predicted molar refractivity (Wildman–Crippen MR) is 72.7 cm³/mol. The second kappa shape index (κ2) is 4.34. The van der Waals surface area contributed by atoms with Gasteiger partial charge in [-0.25, -0.2) is 4.79 Å². The van der Waals surface area contributed by atoms with E-state index in [0.29, 0.717) is 0 Å². The highest BCUT2D eigenvalue weighted by atomic mass is 16.5. The van der Waals surface area contributed by atoms with Crippen molar-refractivity contribution in [1.82, 2.24) is 0 Å². The molecule has 0 heterocycles. The second-order valence-corrected chi connectivity index (χ2v) is 6.22. The van der Waals surface area contributed by atoms with Crippen LogP contribution in [-0.4, -0.2) is 23.3 Å². The normalized spacial score (nSPS) is 39.6. The molecule has 1 saturated carbocycles. The Kier molecular flexibility index (Phi) is 2.90. The van der Waals surface area contributed by atoms with Crippen LogP contribution in [0.3, 0.4) is 0 Å². The molecule has 0 spiro atoms. The molecule has 3 heteroatoms. The molecule has 0 aliphatic heterocycles. The first kappa shape index (κ1) is 12.7. The van der Waals surface area contributed by atoms with Gasteiger partial charge in [0, 0.05) is 5.41 Å². The molecule has 3 aliphatic rings. The summed E-state index contributed by atoms with van der Waals surface area (Å²) in [7, 11) is 0. The molecule has 0 aromatic heterocycles. The summed E-state index contributed by atoms with van der Waals surface area (Å²) in [6.45, 7) is 1.74. The molecule has 0 amide bonds. The van der Waals surface area contributed by atoms with E-state index < -0.39 is 11.6 Å². The van der Waals surface area contributed by atoms with Gasteiger partial charge in [-0.2, -0.15) is 0 Å². The van der Waals surface area contributed by atoms with E-state index in [1.165, 1.54) is 24.8 Å². The van der Waals surface area contributed by atoms with Crippen molar-refractivity contribution in [2.45, 2.75) is 38.2 Å².